The lowest BCUT2D eigenvalue weighted by atomic mass is 9.82. The summed E-state index contributed by atoms with van der Waals surface area (Å²) < 4.78 is 56.8. The molecule has 0 radical (unpaired) electrons. The van der Waals surface area contributed by atoms with Crippen LogP contribution in [0.15, 0.2) is 36.4 Å². The molecule has 0 unspecified atom stereocenters. The number of primary amides is 1. The summed E-state index contributed by atoms with van der Waals surface area (Å²) in [5, 5.41) is 22.9. The van der Waals surface area contributed by atoms with Crippen LogP contribution in [0, 0.1) is 5.92 Å². The molecule has 0 aromatic heterocycles. The van der Waals surface area contributed by atoms with Crippen molar-refractivity contribution in [2.24, 2.45) is 11.7 Å². The Bertz CT molecular complexity index is 1210. The minimum absolute atomic E-state index is 0.0678. The lowest BCUT2D eigenvalue weighted by Gasteiger charge is -2.30. The standard InChI is InChI=1S/C34H54F2N2O8S/c1-3-5-7-11-14-22-47(44,45)23-15-12-9-8-10-13-16-28(34(43,33(41)42)25-30(35)36)32(40)38-29(31(37)39)24-26-17-19-27(20-18-26)46-21-6-4-2/h13,16-20,28-30,43H,3-12,14-15,21-25H2,1-2H3,(H2,37,39)(H,38,40)(H,41,42)/t28-,29+,34+/m1/s1. The van der Waals surface area contributed by atoms with Gasteiger partial charge in [0, 0.05) is 12.8 Å². The van der Waals surface area contributed by atoms with Gasteiger partial charge in [-0.1, -0.05) is 83.1 Å². The number of hydrogen-bond donors (Lipinski definition) is 4. The highest BCUT2D eigenvalue weighted by Crippen LogP contribution is 2.28. The van der Waals surface area contributed by atoms with E-state index in [0.717, 1.165) is 44.6 Å². The normalized spacial score (nSPS) is 14.5. The fraction of sp³-hybridized carbons (Fsp3) is 0.676. The average molecular weight is 689 g/mol. The maximum Gasteiger partial charge on any atom is 0.337 e. The monoisotopic (exact) mass is 688 g/mol. The van der Waals surface area contributed by atoms with Gasteiger partial charge < -0.3 is 26.0 Å². The maximum atomic E-state index is 13.4. The molecule has 0 saturated carbocycles. The molecule has 2 amide bonds. The van der Waals surface area contributed by atoms with Gasteiger partial charge in [0.1, 0.15) is 21.6 Å². The summed E-state index contributed by atoms with van der Waals surface area (Å²) in [6, 6.07) is 5.42. The molecule has 10 nitrogen and oxygen atoms in total. The fourth-order valence-electron chi connectivity index (χ4n) is 5.02. The first-order valence-electron chi connectivity index (χ1n) is 16.7. The van der Waals surface area contributed by atoms with Crippen LogP contribution in [0.4, 0.5) is 8.78 Å². The van der Waals surface area contributed by atoms with Gasteiger partial charge in [-0.05, 0) is 49.8 Å². The van der Waals surface area contributed by atoms with Crippen molar-refractivity contribution < 1.29 is 46.5 Å². The van der Waals surface area contributed by atoms with Crippen LogP contribution in [0.5, 0.6) is 5.75 Å². The first-order chi connectivity index (χ1) is 22.3. The minimum Gasteiger partial charge on any atom is -0.494 e. The summed E-state index contributed by atoms with van der Waals surface area (Å²) in [4.78, 5) is 37.5. The lowest BCUT2D eigenvalue weighted by molar-refractivity contribution is -0.171. The van der Waals surface area contributed by atoms with Crippen molar-refractivity contribution in [1.82, 2.24) is 5.32 Å². The van der Waals surface area contributed by atoms with Crippen LogP contribution < -0.4 is 15.8 Å². The molecule has 3 atom stereocenters. The van der Waals surface area contributed by atoms with Crippen LogP contribution in [0.25, 0.3) is 0 Å². The number of rotatable bonds is 27. The number of carbonyl (C=O) groups is 3. The van der Waals surface area contributed by atoms with E-state index in [9.17, 15) is 41.8 Å². The number of allylic oxidation sites excluding steroid dienone is 1. The number of aliphatic hydroxyl groups is 1. The van der Waals surface area contributed by atoms with Crippen LogP contribution >= 0.6 is 0 Å². The van der Waals surface area contributed by atoms with Gasteiger partial charge in [-0.15, -0.1) is 0 Å². The zero-order chi connectivity index (χ0) is 35.3. The Morgan fingerprint density at radius 2 is 1.51 bits per heavy atom. The molecule has 47 heavy (non-hydrogen) atoms. The highest BCUT2D eigenvalue weighted by atomic mass is 32.2. The third-order valence-electron chi connectivity index (χ3n) is 7.89. The van der Waals surface area contributed by atoms with Crippen molar-refractivity contribution in [1.29, 1.82) is 0 Å². The second-order valence-electron chi connectivity index (χ2n) is 12.0. The van der Waals surface area contributed by atoms with Gasteiger partial charge in [0.25, 0.3) is 0 Å². The predicted molar refractivity (Wildman–Crippen MR) is 178 cm³/mol. The van der Waals surface area contributed by atoms with Crippen LogP contribution in [0.3, 0.4) is 0 Å². The van der Waals surface area contributed by atoms with E-state index in [1.165, 1.54) is 6.08 Å². The molecule has 0 fully saturated rings. The largest absolute Gasteiger partial charge is 0.494 e. The molecule has 5 N–H and O–H groups in total. The Labute approximate surface area is 278 Å². The molecule has 0 aliphatic carbocycles. The number of alkyl halides is 2. The van der Waals surface area contributed by atoms with Crippen LogP contribution in [0.2, 0.25) is 0 Å². The molecule has 1 aromatic carbocycles. The second-order valence-corrected chi connectivity index (χ2v) is 14.3. The maximum absolute atomic E-state index is 13.4. The second kappa shape index (κ2) is 22.5. The Hall–Kier alpha value is -3.06. The van der Waals surface area contributed by atoms with Crippen LogP contribution in [-0.2, 0) is 30.6 Å². The number of aliphatic carboxylic acids is 1. The lowest BCUT2D eigenvalue weighted by Crippen LogP contribution is -2.56. The number of ether oxygens (including phenoxy) is 1. The Balaban J connectivity index is 2.84. The fourth-order valence-corrected chi connectivity index (χ4v) is 6.51. The Morgan fingerprint density at radius 3 is 2.04 bits per heavy atom. The molecule has 0 heterocycles. The van der Waals surface area contributed by atoms with E-state index in [2.05, 4.69) is 12.2 Å². The third kappa shape index (κ3) is 17.1. The highest BCUT2D eigenvalue weighted by molar-refractivity contribution is 7.91. The summed E-state index contributed by atoms with van der Waals surface area (Å²) in [5.74, 6) is -5.13. The van der Waals surface area contributed by atoms with Gasteiger partial charge >= 0.3 is 5.97 Å². The molecule has 0 aliphatic rings. The Kier molecular flexibility index (Phi) is 20.1. The molecule has 0 aliphatic heterocycles. The summed E-state index contributed by atoms with van der Waals surface area (Å²) in [5.41, 5.74) is 2.96. The van der Waals surface area contributed by atoms with Crippen molar-refractivity contribution >= 4 is 27.6 Å². The topological polar surface area (TPSA) is 173 Å². The van der Waals surface area contributed by atoms with E-state index in [0.29, 0.717) is 56.4 Å². The number of benzene rings is 1. The number of nitrogens with one attached hydrogen (secondary N) is 1. The van der Waals surface area contributed by atoms with Gasteiger partial charge in [-0.25, -0.2) is 22.0 Å². The number of sulfone groups is 1. The van der Waals surface area contributed by atoms with E-state index in [1.54, 1.807) is 24.3 Å². The number of nitrogens with two attached hydrogens (primary N) is 1. The van der Waals surface area contributed by atoms with Gasteiger partial charge in [0.15, 0.2) is 5.60 Å². The number of carboxylic acids is 1. The number of halogens is 2. The number of hydrogen-bond acceptors (Lipinski definition) is 7. The van der Waals surface area contributed by atoms with Crippen molar-refractivity contribution in [3.8, 4) is 5.75 Å². The number of carbonyl (C=O) groups excluding carboxylic acids is 2. The van der Waals surface area contributed by atoms with Crippen LogP contribution in [-0.4, -0.2) is 72.6 Å². The molecule has 0 saturated heterocycles. The molecule has 0 bridgehead atoms. The van der Waals surface area contributed by atoms with Crippen molar-refractivity contribution in [2.75, 3.05) is 18.1 Å². The molecular weight excluding hydrogens is 634 g/mol. The SMILES string of the molecule is CCCCCCCS(=O)(=O)CCCCCCC=C[C@H](C(=O)N[C@@H](Cc1ccc(OCCCC)cc1)C(N)=O)[C@@](O)(CC(F)F)C(=O)O. The van der Waals surface area contributed by atoms with E-state index in [4.69, 9.17) is 10.5 Å². The summed E-state index contributed by atoms with van der Waals surface area (Å²) in [6.45, 7) is 4.67. The first kappa shape index (κ1) is 42.0. The number of unbranched alkanes of at least 4 members (excludes halogenated alkanes) is 9. The molecule has 13 heteroatoms. The van der Waals surface area contributed by atoms with Crippen molar-refractivity contribution in [3.63, 3.8) is 0 Å². The van der Waals surface area contributed by atoms with Crippen LogP contribution in [0.1, 0.15) is 103 Å². The molecule has 268 valence electrons. The van der Waals surface area contributed by atoms with E-state index in [1.807, 2.05) is 6.92 Å². The number of carboxylic acid groups (broad SMARTS) is 1. The summed E-state index contributed by atoms with van der Waals surface area (Å²) >= 11 is 0. The van der Waals surface area contributed by atoms with Crippen molar-refractivity contribution in [2.45, 2.75) is 122 Å². The minimum atomic E-state index is -3.24. The van der Waals surface area contributed by atoms with Crippen molar-refractivity contribution in [3.05, 3.63) is 42.0 Å². The van der Waals surface area contributed by atoms with E-state index >= 15 is 0 Å². The first-order valence-corrected chi connectivity index (χ1v) is 18.5. The quantitative estimate of drug-likeness (QED) is 0.0707. The van der Waals surface area contributed by atoms with Gasteiger partial charge in [0.2, 0.25) is 18.2 Å². The third-order valence-corrected chi connectivity index (χ3v) is 9.71. The summed E-state index contributed by atoms with van der Waals surface area (Å²) in [6.07, 6.45) is 6.98. The van der Waals surface area contributed by atoms with Gasteiger partial charge in [-0.3, -0.25) is 9.59 Å². The average Bonchev–Trinajstić information content (AvgIpc) is 3.00. The van der Waals surface area contributed by atoms with Gasteiger partial charge in [0.05, 0.1) is 24.0 Å². The van der Waals surface area contributed by atoms with E-state index < -0.39 is 58.0 Å². The Morgan fingerprint density at radius 1 is 0.936 bits per heavy atom. The highest BCUT2D eigenvalue weighted by Gasteiger charge is 2.49. The molecule has 0 spiro atoms. The molecule has 1 rings (SSSR count). The summed E-state index contributed by atoms with van der Waals surface area (Å²) in [7, 11) is -3.11. The predicted octanol–water partition coefficient (Wildman–Crippen LogP) is 5.36. The molecule has 1 aromatic rings. The van der Waals surface area contributed by atoms with Gasteiger partial charge in [-0.2, -0.15) is 0 Å². The number of amides is 2. The smallest absolute Gasteiger partial charge is 0.337 e. The molecular formula is C34H54F2N2O8S. The zero-order valence-corrected chi connectivity index (χ0v) is 28.6. The zero-order valence-electron chi connectivity index (χ0n) is 27.8. The van der Waals surface area contributed by atoms with E-state index in [-0.39, 0.29) is 17.9 Å².